The first-order valence-corrected chi connectivity index (χ1v) is 7.07. The van der Waals surface area contributed by atoms with Gasteiger partial charge in [-0.3, -0.25) is 4.79 Å². The molecule has 0 saturated heterocycles. The molecule has 0 aliphatic carbocycles. The number of esters is 1. The number of carbonyl (C=O) groups excluding carboxylic acids is 2. The third-order valence-corrected chi connectivity index (χ3v) is 3.27. The van der Waals surface area contributed by atoms with Crippen LogP contribution in [0.2, 0.25) is 0 Å². The van der Waals surface area contributed by atoms with Gasteiger partial charge < -0.3 is 14.5 Å². The lowest BCUT2D eigenvalue weighted by atomic mass is 10.2. The number of hydrogen-bond acceptors (Lipinski definition) is 4. The van der Waals surface area contributed by atoms with Crippen molar-refractivity contribution in [2.45, 2.75) is 13.5 Å². The van der Waals surface area contributed by atoms with Crippen molar-refractivity contribution in [3.05, 3.63) is 66.2 Å². The molecule has 2 aromatic heterocycles. The highest BCUT2D eigenvalue weighted by Gasteiger charge is 2.09. The molecule has 23 heavy (non-hydrogen) atoms. The molecule has 1 aromatic carbocycles. The molecule has 0 bridgehead atoms. The van der Waals surface area contributed by atoms with Crippen LogP contribution in [0.5, 0.6) is 0 Å². The average molecular weight is 309 g/mol. The van der Waals surface area contributed by atoms with Crippen LogP contribution in [0.4, 0.5) is 5.69 Å². The smallest absolute Gasteiger partial charge is 0.338 e. The summed E-state index contributed by atoms with van der Waals surface area (Å²) in [6, 6.07) is 10.6. The number of nitrogens with one attached hydrogen (secondary N) is 1. The molecule has 0 saturated carbocycles. The highest BCUT2D eigenvalue weighted by Crippen LogP contribution is 2.13. The molecular formula is C17H15N3O3. The minimum absolute atomic E-state index is 0.136. The highest BCUT2D eigenvalue weighted by molar-refractivity contribution is 5.90. The zero-order valence-electron chi connectivity index (χ0n) is 12.5. The number of fused-ring (bicyclic) bond motifs is 1. The second kappa shape index (κ2) is 6.31. The van der Waals surface area contributed by atoms with Crippen molar-refractivity contribution in [2.24, 2.45) is 0 Å². The Labute approximate surface area is 132 Å². The van der Waals surface area contributed by atoms with Gasteiger partial charge in [0, 0.05) is 18.8 Å². The van der Waals surface area contributed by atoms with Crippen molar-refractivity contribution in [2.75, 3.05) is 5.32 Å². The van der Waals surface area contributed by atoms with E-state index in [0.29, 0.717) is 11.3 Å². The van der Waals surface area contributed by atoms with E-state index in [4.69, 9.17) is 4.74 Å². The predicted octanol–water partition coefficient (Wildman–Crippen LogP) is 2.65. The van der Waals surface area contributed by atoms with Crippen molar-refractivity contribution >= 4 is 23.1 Å². The molecule has 0 aliphatic rings. The van der Waals surface area contributed by atoms with Gasteiger partial charge in [0.25, 0.3) is 0 Å². The van der Waals surface area contributed by atoms with Gasteiger partial charge >= 0.3 is 5.97 Å². The fraction of sp³-hybridized carbons (Fsp3) is 0.118. The largest absolute Gasteiger partial charge is 0.457 e. The lowest BCUT2D eigenvalue weighted by Gasteiger charge is -2.07. The van der Waals surface area contributed by atoms with Gasteiger partial charge in [-0.05, 0) is 29.8 Å². The zero-order valence-corrected chi connectivity index (χ0v) is 12.5. The monoisotopic (exact) mass is 309 g/mol. The first-order valence-electron chi connectivity index (χ1n) is 7.07. The van der Waals surface area contributed by atoms with Gasteiger partial charge in [0.2, 0.25) is 5.91 Å². The van der Waals surface area contributed by atoms with E-state index in [-0.39, 0.29) is 12.5 Å². The molecule has 6 nitrogen and oxygen atoms in total. The van der Waals surface area contributed by atoms with Gasteiger partial charge in [-0.2, -0.15) is 0 Å². The molecule has 0 atom stereocenters. The van der Waals surface area contributed by atoms with Crippen LogP contribution in [0, 0.1) is 0 Å². The fourth-order valence-corrected chi connectivity index (χ4v) is 2.22. The van der Waals surface area contributed by atoms with Gasteiger partial charge in [0.1, 0.15) is 6.61 Å². The summed E-state index contributed by atoms with van der Waals surface area (Å²) in [5, 5.41) is 2.69. The molecule has 0 aliphatic heterocycles. The first-order chi connectivity index (χ1) is 11.1. The second-order valence-corrected chi connectivity index (χ2v) is 5.10. The third kappa shape index (κ3) is 3.55. The maximum atomic E-state index is 12.1. The van der Waals surface area contributed by atoms with Crippen LogP contribution in [0.25, 0.3) is 5.52 Å². The van der Waals surface area contributed by atoms with Gasteiger partial charge in [-0.15, -0.1) is 0 Å². The third-order valence-electron chi connectivity index (χ3n) is 3.27. The van der Waals surface area contributed by atoms with Gasteiger partial charge in [-0.25, -0.2) is 9.78 Å². The van der Waals surface area contributed by atoms with E-state index in [2.05, 4.69) is 10.3 Å². The Balaban J connectivity index is 1.67. The SMILES string of the molecule is CC(=O)Nc1cccc(COC(=O)c2ccn3cncc3c2)c1. The number of rotatable bonds is 4. The van der Waals surface area contributed by atoms with E-state index < -0.39 is 5.97 Å². The quantitative estimate of drug-likeness (QED) is 0.752. The van der Waals surface area contributed by atoms with Crippen LogP contribution in [0.1, 0.15) is 22.8 Å². The summed E-state index contributed by atoms with van der Waals surface area (Å²) < 4.78 is 7.13. The predicted molar refractivity (Wildman–Crippen MR) is 85.1 cm³/mol. The Hall–Kier alpha value is -3.15. The van der Waals surface area contributed by atoms with E-state index >= 15 is 0 Å². The van der Waals surface area contributed by atoms with E-state index in [1.165, 1.54) is 6.92 Å². The van der Waals surface area contributed by atoms with Crippen molar-refractivity contribution in [3.8, 4) is 0 Å². The number of ether oxygens (including phenoxy) is 1. The molecular weight excluding hydrogens is 294 g/mol. The summed E-state index contributed by atoms with van der Waals surface area (Å²) in [4.78, 5) is 27.2. The minimum Gasteiger partial charge on any atom is -0.457 e. The number of hydrogen-bond donors (Lipinski definition) is 1. The standard InChI is InChI=1S/C17H15N3O3/c1-12(21)19-15-4-2-3-13(7-15)10-23-17(22)14-5-6-20-11-18-9-16(20)8-14/h2-9,11H,10H2,1H3,(H,19,21). The van der Waals surface area contributed by atoms with Gasteiger partial charge in [-0.1, -0.05) is 12.1 Å². The lowest BCUT2D eigenvalue weighted by Crippen LogP contribution is -2.07. The van der Waals surface area contributed by atoms with Gasteiger partial charge in [0.05, 0.1) is 23.6 Å². The number of anilines is 1. The Morgan fingerprint density at radius 1 is 1.26 bits per heavy atom. The van der Waals surface area contributed by atoms with Crippen LogP contribution >= 0.6 is 0 Å². The Morgan fingerprint density at radius 3 is 2.96 bits per heavy atom. The maximum absolute atomic E-state index is 12.1. The molecule has 0 radical (unpaired) electrons. The summed E-state index contributed by atoms with van der Waals surface area (Å²) in [5.74, 6) is -0.549. The molecule has 1 N–H and O–H groups in total. The summed E-state index contributed by atoms with van der Waals surface area (Å²) >= 11 is 0. The number of carbonyl (C=O) groups is 2. The first kappa shape index (κ1) is 14.8. The molecule has 2 heterocycles. The number of aromatic nitrogens is 2. The number of amides is 1. The summed E-state index contributed by atoms with van der Waals surface area (Å²) in [6.45, 7) is 1.58. The van der Waals surface area contributed by atoms with Crippen molar-refractivity contribution < 1.29 is 14.3 Å². The second-order valence-electron chi connectivity index (χ2n) is 5.10. The number of nitrogens with zero attached hydrogens (tertiary/aromatic N) is 2. The van der Waals surface area contributed by atoms with Crippen LogP contribution in [-0.4, -0.2) is 21.3 Å². The molecule has 1 amide bonds. The van der Waals surface area contributed by atoms with E-state index in [1.54, 1.807) is 49.1 Å². The van der Waals surface area contributed by atoms with Crippen molar-refractivity contribution in [3.63, 3.8) is 0 Å². The summed E-state index contributed by atoms with van der Waals surface area (Å²) in [5.41, 5.74) is 2.77. The van der Waals surface area contributed by atoms with Crippen LogP contribution < -0.4 is 5.32 Å². The molecule has 3 aromatic rings. The molecule has 3 rings (SSSR count). The van der Waals surface area contributed by atoms with Crippen LogP contribution in [0.15, 0.2) is 55.1 Å². The molecule has 6 heteroatoms. The van der Waals surface area contributed by atoms with Crippen LogP contribution in [-0.2, 0) is 16.1 Å². The molecule has 0 fully saturated rings. The van der Waals surface area contributed by atoms with Crippen molar-refractivity contribution in [1.82, 2.24) is 9.38 Å². The highest BCUT2D eigenvalue weighted by atomic mass is 16.5. The van der Waals surface area contributed by atoms with E-state index in [1.807, 2.05) is 10.5 Å². The Bertz CT molecular complexity index is 870. The Morgan fingerprint density at radius 2 is 2.13 bits per heavy atom. The maximum Gasteiger partial charge on any atom is 0.338 e. The average Bonchev–Trinajstić information content (AvgIpc) is 3.00. The molecule has 0 unspecified atom stereocenters. The van der Waals surface area contributed by atoms with Crippen molar-refractivity contribution in [1.29, 1.82) is 0 Å². The fourth-order valence-electron chi connectivity index (χ4n) is 2.22. The Kier molecular flexibility index (Phi) is 4.05. The minimum atomic E-state index is -0.404. The van der Waals surface area contributed by atoms with Gasteiger partial charge in [0.15, 0.2) is 0 Å². The normalized spacial score (nSPS) is 10.5. The zero-order chi connectivity index (χ0) is 16.2. The molecule has 116 valence electrons. The van der Waals surface area contributed by atoms with E-state index in [9.17, 15) is 9.59 Å². The number of benzene rings is 1. The number of pyridine rings is 1. The topological polar surface area (TPSA) is 72.7 Å². The lowest BCUT2D eigenvalue weighted by molar-refractivity contribution is -0.114. The van der Waals surface area contributed by atoms with Crippen LogP contribution in [0.3, 0.4) is 0 Å². The number of imidazole rings is 1. The summed E-state index contributed by atoms with van der Waals surface area (Å²) in [6.07, 6.45) is 5.10. The summed E-state index contributed by atoms with van der Waals surface area (Å²) in [7, 11) is 0. The molecule has 0 spiro atoms. The van der Waals surface area contributed by atoms with E-state index in [0.717, 1.165) is 11.1 Å².